The molecule has 0 saturated carbocycles. The molecule has 5 nitrogen and oxygen atoms in total. The summed E-state index contributed by atoms with van der Waals surface area (Å²) in [4.78, 5) is 20.0. The van der Waals surface area contributed by atoms with Gasteiger partial charge in [0.25, 0.3) is 0 Å². The summed E-state index contributed by atoms with van der Waals surface area (Å²) in [5.41, 5.74) is 2.72. The molecular formula is C18H15BrN4O. The quantitative estimate of drug-likeness (QED) is 0.655. The Balaban J connectivity index is 1.92. The van der Waals surface area contributed by atoms with E-state index in [0.717, 1.165) is 32.4 Å². The lowest BCUT2D eigenvalue weighted by Crippen LogP contribution is -2.19. The number of anilines is 2. The smallest absolute Gasteiger partial charge is 0.243 e. The molecule has 0 fully saturated rings. The van der Waals surface area contributed by atoms with Crippen LogP contribution >= 0.6 is 15.9 Å². The van der Waals surface area contributed by atoms with Crippen molar-refractivity contribution in [1.82, 2.24) is 15.3 Å². The van der Waals surface area contributed by atoms with E-state index in [1.807, 2.05) is 42.5 Å². The van der Waals surface area contributed by atoms with Gasteiger partial charge < -0.3 is 10.6 Å². The number of nitrogens with one attached hydrogen (secondary N) is 2. The molecule has 1 amide bonds. The third-order valence-corrected chi connectivity index (χ3v) is 3.93. The minimum atomic E-state index is -0.202. The highest BCUT2D eigenvalue weighted by Gasteiger charge is 2.06. The summed E-state index contributed by atoms with van der Waals surface area (Å²) in [6.07, 6.45) is 2.78. The summed E-state index contributed by atoms with van der Waals surface area (Å²) in [6.45, 7) is 3.87. The van der Waals surface area contributed by atoms with Crippen LogP contribution in [0.15, 0.2) is 65.9 Å². The Morgan fingerprint density at radius 1 is 1.21 bits per heavy atom. The second kappa shape index (κ2) is 7.23. The maximum atomic E-state index is 11.3. The van der Waals surface area contributed by atoms with Crippen molar-refractivity contribution in [3.8, 4) is 0 Å². The summed E-state index contributed by atoms with van der Waals surface area (Å²) in [7, 11) is 0. The lowest BCUT2D eigenvalue weighted by molar-refractivity contribution is -0.116. The minimum absolute atomic E-state index is 0.202. The highest BCUT2D eigenvalue weighted by Crippen LogP contribution is 2.25. The fourth-order valence-corrected chi connectivity index (χ4v) is 2.68. The zero-order chi connectivity index (χ0) is 16.9. The van der Waals surface area contributed by atoms with Crippen LogP contribution < -0.4 is 10.6 Å². The topological polar surface area (TPSA) is 66.9 Å². The molecule has 1 heterocycles. The van der Waals surface area contributed by atoms with Crippen LogP contribution in [0.25, 0.3) is 10.9 Å². The van der Waals surface area contributed by atoms with E-state index in [2.05, 4.69) is 43.1 Å². The molecule has 120 valence electrons. The summed E-state index contributed by atoms with van der Waals surface area (Å²) in [5.74, 6) is 0.516. The van der Waals surface area contributed by atoms with Crippen LogP contribution in [0.5, 0.6) is 0 Å². The molecule has 0 unspecified atom stereocenters. The van der Waals surface area contributed by atoms with Gasteiger partial charge in [0.15, 0.2) is 0 Å². The molecule has 3 aromatic rings. The number of carbonyl (C=O) groups excluding carboxylic acids is 1. The molecule has 6 heteroatoms. The Morgan fingerprint density at radius 3 is 2.88 bits per heavy atom. The normalized spacial score (nSPS) is 10.4. The van der Waals surface area contributed by atoms with Gasteiger partial charge in [-0.2, -0.15) is 0 Å². The molecule has 1 aromatic heterocycles. The number of carbonyl (C=O) groups is 1. The first-order valence-electron chi connectivity index (χ1n) is 7.32. The zero-order valence-electron chi connectivity index (χ0n) is 12.8. The zero-order valence-corrected chi connectivity index (χ0v) is 14.4. The standard InChI is InChI=1S/C18H15BrN4O/c1-2-17(24)20-10-12-6-7-16-15(8-12)18(22-11-21-16)23-14-5-3-4-13(19)9-14/h2-9,11H,1,10H2,(H,20,24)(H,21,22,23). The van der Waals surface area contributed by atoms with Crippen molar-refractivity contribution >= 4 is 44.2 Å². The third-order valence-electron chi connectivity index (χ3n) is 3.44. The van der Waals surface area contributed by atoms with Crippen molar-refractivity contribution in [2.75, 3.05) is 5.32 Å². The maximum absolute atomic E-state index is 11.3. The van der Waals surface area contributed by atoms with Gasteiger partial charge in [-0.25, -0.2) is 9.97 Å². The Labute approximate surface area is 148 Å². The summed E-state index contributed by atoms with van der Waals surface area (Å²) in [5, 5.41) is 6.96. The van der Waals surface area contributed by atoms with Crippen molar-refractivity contribution in [2.45, 2.75) is 6.54 Å². The van der Waals surface area contributed by atoms with Crippen LogP contribution in [0.1, 0.15) is 5.56 Å². The third kappa shape index (κ3) is 3.78. The molecule has 0 saturated heterocycles. The number of fused-ring (bicyclic) bond motifs is 1. The highest BCUT2D eigenvalue weighted by atomic mass is 79.9. The van der Waals surface area contributed by atoms with Gasteiger partial charge in [0.05, 0.1) is 5.52 Å². The molecule has 0 bridgehead atoms. The number of hydrogen-bond acceptors (Lipinski definition) is 4. The first kappa shape index (κ1) is 16.1. The van der Waals surface area contributed by atoms with Gasteiger partial charge >= 0.3 is 0 Å². The van der Waals surface area contributed by atoms with Crippen LogP contribution in [0.2, 0.25) is 0 Å². The molecular weight excluding hydrogens is 368 g/mol. The monoisotopic (exact) mass is 382 g/mol. The van der Waals surface area contributed by atoms with E-state index in [4.69, 9.17) is 0 Å². The average molecular weight is 383 g/mol. The fraction of sp³-hybridized carbons (Fsp3) is 0.0556. The Morgan fingerprint density at radius 2 is 2.08 bits per heavy atom. The van der Waals surface area contributed by atoms with Gasteiger partial charge in [-0.05, 0) is 42.0 Å². The van der Waals surface area contributed by atoms with E-state index in [1.165, 1.54) is 12.4 Å². The van der Waals surface area contributed by atoms with Crippen molar-refractivity contribution in [3.63, 3.8) is 0 Å². The lowest BCUT2D eigenvalue weighted by atomic mass is 10.1. The molecule has 0 aliphatic heterocycles. The van der Waals surface area contributed by atoms with Crippen molar-refractivity contribution in [2.24, 2.45) is 0 Å². The van der Waals surface area contributed by atoms with Crippen LogP contribution in [0.3, 0.4) is 0 Å². The molecule has 0 spiro atoms. The second-order valence-corrected chi connectivity index (χ2v) is 6.05. The summed E-state index contributed by atoms with van der Waals surface area (Å²) >= 11 is 3.46. The number of amides is 1. The van der Waals surface area contributed by atoms with Gasteiger partial charge in [0.1, 0.15) is 12.1 Å². The number of rotatable bonds is 5. The molecule has 0 atom stereocenters. The Hall–Kier alpha value is -2.73. The first-order valence-corrected chi connectivity index (χ1v) is 8.11. The average Bonchev–Trinajstić information content (AvgIpc) is 2.60. The number of halogens is 1. The first-order chi connectivity index (χ1) is 11.7. The van der Waals surface area contributed by atoms with Crippen LogP contribution in [-0.4, -0.2) is 15.9 Å². The second-order valence-electron chi connectivity index (χ2n) is 5.13. The van der Waals surface area contributed by atoms with Gasteiger partial charge in [-0.3, -0.25) is 4.79 Å². The number of aromatic nitrogens is 2. The Bertz CT molecular complexity index is 910. The van der Waals surface area contributed by atoms with Crippen LogP contribution in [0.4, 0.5) is 11.5 Å². The van der Waals surface area contributed by atoms with E-state index in [-0.39, 0.29) is 5.91 Å². The van der Waals surface area contributed by atoms with E-state index in [1.54, 1.807) is 0 Å². The lowest BCUT2D eigenvalue weighted by Gasteiger charge is -2.10. The predicted molar refractivity (Wildman–Crippen MR) is 99.0 cm³/mol. The largest absolute Gasteiger partial charge is 0.348 e. The molecule has 24 heavy (non-hydrogen) atoms. The SMILES string of the molecule is C=CC(=O)NCc1ccc2ncnc(Nc3cccc(Br)c3)c2c1. The van der Waals surface area contributed by atoms with Gasteiger partial charge in [-0.1, -0.05) is 34.6 Å². The predicted octanol–water partition coefficient (Wildman–Crippen LogP) is 3.94. The highest BCUT2D eigenvalue weighted by molar-refractivity contribution is 9.10. The van der Waals surface area contributed by atoms with E-state index in [0.29, 0.717) is 6.54 Å². The number of nitrogens with zero attached hydrogens (tertiary/aromatic N) is 2. The number of hydrogen-bond donors (Lipinski definition) is 2. The molecule has 3 rings (SSSR count). The van der Waals surface area contributed by atoms with Crippen molar-refractivity contribution < 1.29 is 4.79 Å². The summed E-state index contributed by atoms with van der Waals surface area (Å²) in [6, 6.07) is 13.7. The maximum Gasteiger partial charge on any atom is 0.243 e. The number of benzene rings is 2. The summed E-state index contributed by atoms with van der Waals surface area (Å²) < 4.78 is 0.985. The van der Waals surface area contributed by atoms with E-state index >= 15 is 0 Å². The van der Waals surface area contributed by atoms with Crippen LogP contribution in [-0.2, 0) is 11.3 Å². The molecule has 2 N–H and O–H groups in total. The molecule has 2 aromatic carbocycles. The van der Waals surface area contributed by atoms with Crippen molar-refractivity contribution in [3.05, 3.63) is 71.5 Å². The van der Waals surface area contributed by atoms with Crippen LogP contribution in [0, 0.1) is 0 Å². The van der Waals surface area contributed by atoms with Crippen molar-refractivity contribution in [1.29, 1.82) is 0 Å². The van der Waals surface area contributed by atoms with E-state index in [9.17, 15) is 4.79 Å². The fourth-order valence-electron chi connectivity index (χ4n) is 2.28. The molecule has 0 radical (unpaired) electrons. The van der Waals surface area contributed by atoms with Gasteiger partial charge in [0.2, 0.25) is 5.91 Å². The van der Waals surface area contributed by atoms with E-state index < -0.39 is 0 Å². The van der Waals surface area contributed by atoms with Gasteiger partial charge in [-0.15, -0.1) is 0 Å². The molecule has 0 aliphatic rings. The minimum Gasteiger partial charge on any atom is -0.348 e. The molecule has 0 aliphatic carbocycles. The van der Waals surface area contributed by atoms with Gasteiger partial charge in [0, 0.05) is 22.1 Å². The Kier molecular flexibility index (Phi) is 4.86.